The Kier molecular flexibility index (Phi) is 2.18. The molecule has 0 aromatic heterocycles. The molecule has 1 unspecified atom stereocenters. The van der Waals surface area contributed by atoms with E-state index in [2.05, 4.69) is 5.32 Å². The second kappa shape index (κ2) is 2.93. The first-order valence-corrected chi connectivity index (χ1v) is 3.44. The molecule has 4 nitrogen and oxygen atoms in total. The van der Waals surface area contributed by atoms with Gasteiger partial charge in [0.15, 0.2) is 0 Å². The maximum atomic E-state index is 9.98. The van der Waals surface area contributed by atoms with Crippen LogP contribution in [0.25, 0.3) is 0 Å². The van der Waals surface area contributed by atoms with E-state index in [0.717, 1.165) is 0 Å². The van der Waals surface area contributed by atoms with Gasteiger partial charge in [0, 0.05) is 5.75 Å². The lowest BCUT2D eigenvalue weighted by atomic mass is 10.4. The van der Waals surface area contributed by atoms with Crippen LogP contribution in [0, 0.1) is 0 Å². The fourth-order valence-corrected chi connectivity index (χ4v) is 1.27. The minimum Gasteiger partial charge on any atom is -0.465 e. The average molecular weight is 149 g/mol. The molecule has 0 aliphatic carbocycles. The van der Waals surface area contributed by atoms with Crippen LogP contribution in [-0.4, -0.2) is 29.6 Å². The van der Waals surface area contributed by atoms with E-state index in [4.69, 9.17) is 9.29 Å². The van der Waals surface area contributed by atoms with Gasteiger partial charge in [0.1, 0.15) is 0 Å². The van der Waals surface area contributed by atoms with Gasteiger partial charge in [-0.1, -0.05) is 0 Å². The molecule has 0 aromatic rings. The number of hydrogen-bond acceptors (Lipinski definition) is 3. The third-order valence-electron chi connectivity index (χ3n) is 0.949. The zero-order valence-corrected chi connectivity index (χ0v) is 5.48. The van der Waals surface area contributed by atoms with Crippen molar-refractivity contribution in [3.8, 4) is 0 Å². The van der Waals surface area contributed by atoms with Crippen molar-refractivity contribution in [2.45, 2.75) is 6.04 Å². The average Bonchev–Trinajstić information content (AvgIpc) is 2.15. The molecule has 1 amide bonds. The molecule has 52 valence electrons. The molecule has 1 saturated heterocycles. The Balaban J connectivity index is 2.19. The molecule has 1 aliphatic rings. The van der Waals surface area contributed by atoms with Gasteiger partial charge in [-0.25, -0.2) is 4.79 Å². The van der Waals surface area contributed by atoms with E-state index in [1.54, 1.807) is 0 Å². The summed E-state index contributed by atoms with van der Waals surface area (Å²) >= 11 is 1.30. The Morgan fingerprint density at radius 2 is 2.67 bits per heavy atom. The molecular formula is C4H7NO3S. The highest BCUT2D eigenvalue weighted by Crippen LogP contribution is 2.13. The molecule has 5 heteroatoms. The van der Waals surface area contributed by atoms with Crippen LogP contribution in [0.4, 0.5) is 4.79 Å². The smallest absolute Gasteiger partial charge is 0.404 e. The van der Waals surface area contributed by atoms with Gasteiger partial charge in [-0.15, -0.1) is 0 Å². The number of carbonyl (C=O) groups is 1. The predicted octanol–water partition coefficient (Wildman–Crippen LogP) is 0.301. The second-order valence-electron chi connectivity index (χ2n) is 1.72. The number of rotatable bonds is 1. The predicted molar refractivity (Wildman–Crippen MR) is 33.4 cm³/mol. The van der Waals surface area contributed by atoms with E-state index in [-0.39, 0.29) is 6.04 Å². The summed E-state index contributed by atoms with van der Waals surface area (Å²) < 4.78 is 4.85. The summed E-state index contributed by atoms with van der Waals surface area (Å²) in [6.45, 7) is 0.483. The lowest BCUT2D eigenvalue weighted by molar-refractivity contribution is 0.188. The summed E-state index contributed by atoms with van der Waals surface area (Å²) in [5.74, 6) is 0.715. The largest absolute Gasteiger partial charge is 0.465 e. The van der Waals surface area contributed by atoms with Gasteiger partial charge in [0.25, 0.3) is 0 Å². The van der Waals surface area contributed by atoms with E-state index in [1.807, 2.05) is 0 Å². The van der Waals surface area contributed by atoms with Gasteiger partial charge in [-0.2, -0.15) is 0 Å². The van der Waals surface area contributed by atoms with Crippen molar-refractivity contribution < 1.29 is 14.1 Å². The van der Waals surface area contributed by atoms with Crippen molar-refractivity contribution in [2.75, 3.05) is 12.4 Å². The molecule has 0 saturated carbocycles. The Morgan fingerprint density at radius 1 is 1.89 bits per heavy atom. The van der Waals surface area contributed by atoms with E-state index in [9.17, 15) is 4.79 Å². The highest BCUT2D eigenvalue weighted by Gasteiger charge is 2.17. The molecule has 1 atom stereocenters. The van der Waals surface area contributed by atoms with Crippen LogP contribution in [-0.2, 0) is 4.18 Å². The summed E-state index contributed by atoms with van der Waals surface area (Å²) in [6, 6.07) is -0.0208. The van der Waals surface area contributed by atoms with Crippen LogP contribution >= 0.6 is 12.0 Å². The number of amides is 1. The Bertz CT molecular complexity index is 112. The first-order valence-electron chi connectivity index (χ1n) is 2.53. The van der Waals surface area contributed by atoms with E-state index in [0.29, 0.717) is 12.4 Å². The van der Waals surface area contributed by atoms with Crippen molar-refractivity contribution >= 4 is 18.1 Å². The molecule has 1 rings (SSSR count). The summed E-state index contributed by atoms with van der Waals surface area (Å²) in [7, 11) is 0. The van der Waals surface area contributed by atoms with Gasteiger partial charge >= 0.3 is 6.09 Å². The van der Waals surface area contributed by atoms with Crippen LogP contribution in [0.15, 0.2) is 0 Å². The fourth-order valence-electron chi connectivity index (χ4n) is 0.567. The van der Waals surface area contributed by atoms with Crippen molar-refractivity contribution in [3.05, 3.63) is 0 Å². The topological polar surface area (TPSA) is 58.6 Å². The highest BCUT2D eigenvalue weighted by molar-refractivity contribution is 7.94. The van der Waals surface area contributed by atoms with Gasteiger partial charge in [0.2, 0.25) is 0 Å². The van der Waals surface area contributed by atoms with Crippen molar-refractivity contribution in [1.82, 2.24) is 5.32 Å². The molecule has 1 fully saturated rings. The lowest BCUT2D eigenvalue weighted by Crippen LogP contribution is -2.35. The zero-order chi connectivity index (χ0) is 6.69. The van der Waals surface area contributed by atoms with Crippen LogP contribution in [0.1, 0.15) is 0 Å². The molecule has 0 aromatic carbocycles. The minimum atomic E-state index is -0.980. The molecule has 0 radical (unpaired) electrons. The summed E-state index contributed by atoms with van der Waals surface area (Å²) in [6.07, 6.45) is -0.980. The summed E-state index contributed by atoms with van der Waals surface area (Å²) in [4.78, 5) is 9.98. The first kappa shape index (κ1) is 6.70. The molecule has 1 aliphatic heterocycles. The van der Waals surface area contributed by atoms with E-state index >= 15 is 0 Å². The van der Waals surface area contributed by atoms with E-state index < -0.39 is 6.09 Å². The molecule has 2 N–H and O–H groups in total. The van der Waals surface area contributed by atoms with Gasteiger partial charge < -0.3 is 14.6 Å². The van der Waals surface area contributed by atoms with Crippen molar-refractivity contribution in [1.29, 1.82) is 0 Å². The summed E-state index contributed by atoms with van der Waals surface area (Å²) in [5.41, 5.74) is 0. The van der Waals surface area contributed by atoms with Crippen LogP contribution in [0.5, 0.6) is 0 Å². The van der Waals surface area contributed by atoms with Gasteiger partial charge in [-0.3, -0.25) is 0 Å². The van der Waals surface area contributed by atoms with Crippen LogP contribution < -0.4 is 5.32 Å². The molecule has 0 spiro atoms. The molecular weight excluding hydrogens is 142 g/mol. The van der Waals surface area contributed by atoms with Crippen molar-refractivity contribution in [3.63, 3.8) is 0 Å². The second-order valence-corrected chi connectivity index (χ2v) is 2.52. The molecule has 9 heavy (non-hydrogen) atoms. The third-order valence-corrected chi connectivity index (χ3v) is 1.79. The maximum absolute atomic E-state index is 9.98. The molecule has 0 bridgehead atoms. The standard InChI is InChI=1S/C4H7NO3S/c6-4(7)5-3-1-8-9-2-3/h3,5H,1-2H2,(H,6,7). The third kappa shape index (κ3) is 2.11. The monoisotopic (exact) mass is 149 g/mol. The molecule has 1 heterocycles. The van der Waals surface area contributed by atoms with Crippen LogP contribution in [0.3, 0.4) is 0 Å². The SMILES string of the molecule is O=C(O)NC1COSC1. The first-order chi connectivity index (χ1) is 4.29. The maximum Gasteiger partial charge on any atom is 0.404 e. The summed E-state index contributed by atoms with van der Waals surface area (Å²) in [5, 5.41) is 10.5. The van der Waals surface area contributed by atoms with E-state index in [1.165, 1.54) is 12.0 Å². The van der Waals surface area contributed by atoms with Crippen LogP contribution in [0.2, 0.25) is 0 Å². The number of nitrogens with one attached hydrogen (secondary N) is 1. The van der Waals surface area contributed by atoms with Crippen molar-refractivity contribution in [2.24, 2.45) is 0 Å². The quantitative estimate of drug-likeness (QED) is 0.526. The number of carboxylic acid groups (broad SMARTS) is 1. The normalized spacial score (nSPS) is 26.0. The Labute approximate surface area is 56.8 Å². The lowest BCUT2D eigenvalue weighted by Gasteiger charge is -2.03. The minimum absolute atomic E-state index is 0.0208. The van der Waals surface area contributed by atoms with Gasteiger partial charge in [0.05, 0.1) is 12.6 Å². The van der Waals surface area contributed by atoms with Gasteiger partial charge in [-0.05, 0) is 12.0 Å². The Morgan fingerprint density at radius 3 is 3.11 bits per heavy atom. The zero-order valence-electron chi connectivity index (χ0n) is 4.66. The Hall–Kier alpha value is -0.420. The number of hydrogen-bond donors (Lipinski definition) is 2. The fraction of sp³-hybridized carbons (Fsp3) is 0.750. The highest BCUT2D eigenvalue weighted by atomic mass is 32.2.